The Balaban J connectivity index is 2.54. The maximum atomic E-state index is 5.54. The average Bonchev–Trinajstić information content (AvgIpc) is 1.91. The minimum Gasteiger partial charge on any atom is -0.272 e. The number of hydroxylamine groups is 1. The molecule has 0 aromatic carbocycles. The third-order valence-corrected chi connectivity index (χ3v) is 1.25. The van der Waals surface area contributed by atoms with Gasteiger partial charge in [0, 0.05) is 6.20 Å². The Morgan fingerprint density at radius 2 is 2.71 bits per heavy atom. The van der Waals surface area contributed by atoms with E-state index in [4.69, 9.17) is 16.4 Å². The van der Waals surface area contributed by atoms with Crippen molar-refractivity contribution in [2.24, 2.45) is 0 Å². The molecule has 1 atom stereocenters. The van der Waals surface area contributed by atoms with Gasteiger partial charge >= 0.3 is 0 Å². The number of hydrogen-bond acceptors (Lipinski definition) is 2. The van der Waals surface area contributed by atoms with Crippen LogP contribution in [0.5, 0.6) is 0 Å². The molecule has 0 saturated carbocycles. The molecule has 1 aliphatic heterocycles. The van der Waals surface area contributed by atoms with Crippen molar-refractivity contribution >= 4 is 11.6 Å². The fourth-order valence-electron chi connectivity index (χ4n) is 0.366. The van der Waals surface area contributed by atoms with Crippen LogP contribution in [-0.4, -0.2) is 6.10 Å². The molecule has 1 unspecified atom stereocenters. The van der Waals surface area contributed by atoms with E-state index < -0.39 is 0 Å². The fraction of sp³-hybridized carbons (Fsp3) is 0.500. The Morgan fingerprint density at radius 3 is 2.86 bits per heavy atom. The summed E-state index contributed by atoms with van der Waals surface area (Å²) < 4.78 is 0. The molecular weight excluding hydrogens is 114 g/mol. The molecule has 0 aliphatic carbocycles. The molecule has 0 fully saturated rings. The van der Waals surface area contributed by atoms with Crippen LogP contribution < -0.4 is 5.48 Å². The highest BCUT2D eigenvalue weighted by atomic mass is 35.5. The van der Waals surface area contributed by atoms with Crippen LogP contribution in [0.25, 0.3) is 0 Å². The zero-order valence-corrected chi connectivity index (χ0v) is 4.70. The Kier molecular flexibility index (Phi) is 1.21. The largest absolute Gasteiger partial charge is 0.272 e. The van der Waals surface area contributed by atoms with E-state index in [0.29, 0.717) is 0 Å². The second-order valence-corrected chi connectivity index (χ2v) is 1.84. The first-order chi connectivity index (χ1) is 3.30. The second kappa shape index (κ2) is 1.72. The maximum absolute atomic E-state index is 5.54. The van der Waals surface area contributed by atoms with Crippen molar-refractivity contribution in [3.8, 4) is 0 Å². The molecule has 0 spiro atoms. The molecule has 0 aromatic heterocycles. The molecular formula is C4H6ClNO. The van der Waals surface area contributed by atoms with E-state index in [1.165, 1.54) is 0 Å². The van der Waals surface area contributed by atoms with Crippen molar-refractivity contribution < 1.29 is 4.84 Å². The number of rotatable bonds is 0. The molecule has 7 heavy (non-hydrogen) atoms. The summed E-state index contributed by atoms with van der Waals surface area (Å²) in [5.74, 6) is 0. The van der Waals surface area contributed by atoms with Gasteiger partial charge in [-0.15, -0.1) is 0 Å². The first-order valence-electron chi connectivity index (χ1n) is 2.07. The Hall–Kier alpha value is -0.210. The van der Waals surface area contributed by atoms with E-state index in [0.717, 1.165) is 5.03 Å². The third-order valence-electron chi connectivity index (χ3n) is 0.830. The SMILES string of the molecule is CC1ONC=C1Cl. The maximum Gasteiger partial charge on any atom is 0.119 e. The van der Waals surface area contributed by atoms with Crippen molar-refractivity contribution in [1.82, 2.24) is 5.48 Å². The Morgan fingerprint density at radius 1 is 2.00 bits per heavy atom. The summed E-state index contributed by atoms with van der Waals surface area (Å²) in [5.41, 5.74) is 2.53. The lowest BCUT2D eigenvalue weighted by molar-refractivity contribution is 0.0567. The minimum atomic E-state index is 0.0293. The van der Waals surface area contributed by atoms with Crippen molar-refractivity contribution in [3.05, 3.63) is 11.2 Å². The van der Waals surface area contributed by atoms with Crippen molar-refractivity contribution in [1.29, 1.82) is 0 Å². The highest BCUT2D eigenvalue weighted by Crippen LogP contribution is 2.12. The van der Waals surface area contributed by atoms with Crippen LogP contribution in [0.1, 0.15) is 6.92 Å². The zero-order chi connectivity index (χ0) is 5.28. The lowest BCUT2D eigenvalue weighted by Gasteiger charge is -1.97. The molecule has 0 amide bonds. The number of hydrogen-bond donors (Lipinski definition) is 1. The molecule has 0 aromatic rings. The van der Waals surface area contributed by atoms with Crippen LogP contribution in [-0.2, 0) is 4.84 Å². The van der Waals surface area contributed by atoms with E-state index in [1.807, 2.05) is 6.92 Å². The number of halogens is 1. The van der Waals surface area contributed by atoms with Gasteiger partial charge in [-0.25, -0.2) is 0 Å². The lowest BCUT2D eigenvalue weighted by atomic mass is 10.4. The number of nitrogens with one attached hydrogen (secondary N) is 1. The molecule has 1 heterocycles. The van der Waals surface area contributed by atoms with Gasteiger partial charge in [0.25, 0.3) is 0 Å². The third kappa shape index (κ3) is 0.868. The topological polar surface area (TPSA) is 21.3 Å². The molecule has 1 rings (SSSR count). The molecule has 1 aliphatic rings. The monoisotopic (exact) mass is 119 g/mol. The van der Waals surface area contributed by atoms with E-state index in [1.54, 1.807) is 6.20 Å². The van der Waals surface area contributed by atoms with E-state index in [-0.39, 0.29) is 6.10 Å². The minimum absolute atomic E-state index is 0.0293. The summed E-state index contributed by atoms with van der Waals surface area (Å²) in [7, 11) is 0. The van der Waals surface area contributed by atoms with Gasteiger partial charge in [0.15, 0.2) is 0 Å². The van der Waals surface area contributed by atoms with Crippen molar-refractivity contribution in [2.45, 2.75) is 13.0 Å². The summed E-state index contributed by atoms with van der Waals surface area (Å²) >= 11 is 5.54. The van der Waals surface area contributed by atoms with Gasteiger partial charge in [0.05, 0.1) is 5.03 Å². The Bertz CT molecular complexity index is 102. The smallest absolute Gasteiger partial charge is 0.119 e. The highest BCUT2D eigenvalue weighted by molar-refractivity contribution is 6.30. The summed E-state index contributed by atoms with van der Waals surface area (Å²) in [6.07, 6.45) is 1.66. The van der Waals surface area contributed by atoms with E-state index >= 15 is 0 Å². The van der Waals surface area contributed by atoms with Crippen LogP contribution >= 0.6 is 11.6 Å². The summed E-state index contributed by atoms with van der Waals surface area (Å²) in [6, 6.07) is 0. The van der Waals surface area contributed by atoms with Crippen molar-refractivity contribution in [3.63, 3.8) is 0 Å². The van der Waals surface area contributed by atoms with Crippen LogP contribution in [0, 0.1) is 0 Å². The zero-order valence-electron chi connectivity index (χ0n) is 3.94. The van der Waals surface area contributed by atoms with E-state index in [9.17, 15) is 0 Å². The molecule has 3 heteroatoms. The first-order valence-corrected chi connectivity index (χ1v) is 2.45. The quantitative estimate of drug-likeness (QED) is 0.514. The molecule has 0 saturated heterocycles. The fourth-order valence-corrected chi connectivity index (χ4v) is 0.455. The predicted molar refractivity (Wildman–Crippen MR) is 27.6 cm³/mol. The molecule has 0 radical (unpaired) electrons. The van der Waals surface area contributed by atoms with Gasteiger partial charge < -0.3 is 0 Å². The summed E-state index contributed by atoms with van der Waals surface area (Å²) in [6.45, 7) is 1.87. The van der Waals surface area contributed by atoms with Gasteiger partial charge in [-0.05, 0) is 6.92 Å². The Labute approximate surface area is 47.1 Å². The second-order valence-electron chi connectivity index (χ2n) is 1.41. The first kappa shape index (κ1) is 4.94. The average molecular weight is 120 g/mol. The lowest BCUT2D eigenvalue weighted by Crippen LogP contribution is -2.06. The molecule has 40 valence electrons. The summed E-state index contributed by atoms with van der Waals surface area (Å²) in [5, 5.41) is 0.722. The highest BCUT2D eigenvalue weighted by Gasteiger charge is 2.10. The summed E-state index contributed by atoms with van der Waals surface area (Å²) in [4.78, 5) is 4.79. The van der Waals surface area contributed by atoms with E-state index in [2.05, 4.69) is 5.48 Å². The van der Waals surface area contributed by atoms with Crippen LogP contribution in [0.2, 0.25) is 0 Å². The van der Waals surface area contributed by atoms with Gasteiger partial charge in [0.2, 0.25) is 0 Å². The molecule has 2 nitrogen and oxygen atoms in total. The standard InChI is InChI=1S/C4H6ClNO/c1-3-4(5)2-6-7-3/h2-3,6H,1H3. The van der Waals surface area contributed by atoms with Crippen LogP contribution in [0.15, 0.2) is 11.2 Å². The van der Waals surface area contributed by atoms with Gasteiger partial charge in [-0.1, -0.05) is 11.6 Å². The van der Waals surface area contributed by atoms with Gasteiger partial charge in [0.1, 0.15) is 6.10 Å². The predicted octanol–water partition coefficient (Wildman–Crippen LogP) is 0.990. The van der Waals surface area contributed by atoms with Crippen molar-refractivity contribution in [2.75, 3.05) is 0 Å². The normalized spacial score (nSPS) is 29.4. The molecule has 1 N–H and O–H groups in total. The van der Waals surface area contributed by atoms with Gasteiger partial charge in [-0.2, -0.15) is 0 Å². The van der Waals surface area contributed by atoms with Gasteiger partial charge in [-0.3, -0.25) is 10.3 Å². The van der Waals surface area contributed by atoms with Crippen LogP contribution in [0.4, 0.5) is 0 Å². The molecule has 0 bridgehead atoms. The van der Waals surface area contributed by atoms with Crippen LogP contribution in [0.3, 0.4) is 0 Å².